The summed E-state index contributed by atoms with van der Waals surface area (Å²) in [5, 5.41) is 46.1. The van der Waals surface area contributed by atoms with Crippen molar-refractivity contribution in [3.63, 3.8) is 0 Å². The van der Waals surface area contributed by atoms with Gasteiger partial charge in [0.05, 0.1) is 31.0 Å². The van der Waals surface area contributed by atoms with Gasteiger partial charge in [-0.05, 0) is 104 Å². The Hall–Kier alpha value is -1.21. The average molecular weight is 603 g/mol. The molecule has 3 unspecified atom stereocenters. The van der Waals surface area contributed by atoms with Gasteiger partial charge in [-0.25, -0.2) is 0 Å². The van der Waals surface area contributed by atoms with Gasteiger partial charge in [0, 0.05) is 17.3 Å². The van der Waals surface area contributed by atoms with Crippen LogP contribution in [0.15, 0.2) is 25.3 Å². The van der Waals surface area contributed by atoms with Crippen molar-refractivity contribution in [1.82, 2.24) is 0 Å². The Bertz CT molecular complexity index is 1060. The lowest BCUT2D eigenvalue weighted by atomic mass is 9.35. The molecule has 0 heterocycles. The third-order valence-corrected chi connectivity index (χ3v) is 14.5. The van der Waals surface area contributed by atoms with Crippen LogP contribution < -0.4 is 0 Å². The van der Waals surface area contributed by atoms with Crippen molar-refractivity contribution in [3.8, 4) is 0 Å². The lowest BCUT2D eigenvalue weighted by Crippen LogP contribution is -2.69. The van der Waals surface area contributed by atoms with Crippen molar-refractivity contribution in [1.29, 1.82) is 0 Å². The Kier molecular flexibility index (Phi) is 9.56. The van der Waals surface area contributed by atoms with Gasteiger partial charge in [0.1, 0.15) is 0 Å². The van der Waals surface area contributed by atoms with Gasteiger partial charge < -0.3 is 25.2 Å². The number of ether oxygens (including phenoxy) is 1. The van der Waals surface area contributed by atoms with E-state index in [2.05, 4.69) is 53.9 Å². The zero-order valence-corrected chi connectivity index (χ0v) is 28.2. The Morgan fingerprint density at radius 3 is 2.16 bits per heavy atom. The van der Waals surface area contributed by atoms with Crippen LogP contribution in [0.2, 0.25) is 0 Å². The summed E-state index contributed by atoms with van der Waals surface area (Å²) in [4.78, 5) is 12.5. The van der Waals surface area contributed by atoms with E-state index in [0.717, 1.165) is 38.5 Å². The van der Waals surface area contributed by atoms with Crippen molar-refractivity contribution in [2.24, 2.45) is 50.2 Å². The van der Waals surface area contributed by atoms with Crippen LogP contribution in [0.4, 0.5) is 0 Å². The van der Waals surface area contributed by atoms with Gasteiger partial charge in [-0.1, -0.05) is 60.6 Å². The highest BCUT2D eigenvalue weighted by Crippen LogP contribution is 2.73. The van der Waals surface area contributed by atoms with E-state index in [4.69, 9.17) is 4.74 Å². The molecule has 0 aromatic carbocycles. The SMILES string of the molecule is C=CCCC(=O)OC[C@]1(C)C2CC[C@@](C)([C@@]3(C)CC4CC(C)(C)[C@@H](O)[C@H](O)[C@]4(CC)[C@H](O)C3)C(CC=C)[C@@]2(C)CC[C@@H]1O. The quantitative estimate of drug-likeness (QED) is 0.175. The van der Waals surface area contributed by atoms with E-state index >= 15 is 0 Å². The lowest BCUT2D eigenvalue weighted by molar-refractivity contribution is -0.269. The molecule has 6 nitrogen and oxygen atoms in total. The van der Waals surface area contributed by atoms with E-state index in [-0.39, 0.29) is 46.6 Å². The predicted molar refractivity (Wildman–Crippen MR) is 171 cm³/mol. The van der Waals surface area contributed by atoms with Gasteiger partial charge in [-0.15, -0.1) is 13.2 Å². The summed E-state index contributed by atoms with van der Waals surface area (Å²) in [6.07, 6.45) is 8.76. The number of hydrogen-bond donors (Lipinski definition) is 4. The average Bonchev–Trinajstić information content (AvgIpc) is 2.94. The van der Waals surface area contributed by atoms with Crippen molar-refractivity contribution < 1.29 is 30.0 Å². The molecule has 4 saturated carbocycles. The van der Waals surface area contributed by atoms with E-state index < -0.39 is 40.7 Å². The molecule has 4 N–H and O–H groups in total. The molecule has 43 heavy (non-hydrogen) atoms. The minimum absolute atomic E-state index is 0.0970. The van der Waals surface area contributed by atoms with E-state index in [9.17, 15) is 25.2 Å². The van der Waals surface area contributed by atoms with E-state index in [1.165, 1.54) is 0 Å². The summed E-state index contributed by atoms with van der Waals surface area (Å²) in [5.41, 5.74) is -2.12. The van der Waals surface area contributed by atoms with Crippen LogP contribution in [0.3, 0.4) is 0 Å². The van der Waals surface area contributed by atoms with Crippen LogP contribution in [0.25, 0.3) is 0 Å². The molecule has 4 aliphatic carbocycles. The highest BCUT2D eigenvalue weighted by atomic mass is 16.5. The fourth-order valence-electron chi connectivity index (χ4n) is 11.6. The highest BCUT2D eigenvalue weighted by molar-refractivity contribution is 5.69. The second-order valence-electron chi connectivity index (χ2n) is 16.9. The maximum Gasteiger partial charge on any atom is 0.306 e. The predicted octanol–water partition coefficient (Wildman–Crippen LogP) is 6.60. The van der Waals surface area contributed by atoms with Gasteiger partial charge in [-0.3, -0.25) is 4.79 Å². The molecule has 0 aliphatic heterocycles. The molecule has 4 rings (SSSR count). The van der Waals surface area contributed by atoms with Crippen molar-refractivity contribution in [2.75, 3.05) is 6.61 Å². The topological polar surface area (TPSA) is 107 Å². The Labute approximate surface area is 261 Å². The minimum Gasteiger partial charge on any atom is -0.465 e. The highest BCUT2D eigenvalue weighted by Gasteiger charge is 2.69. The second kappa shape index (κ2) is 11.9. The first-order chi connectivity index (χ1) is 19.9. The number of aliphatic hydroxyl groups is 4. The zero-order valence-electron chi connectivity index (χ0n) is 28.2. The van der Waals surface area contributed by atoms with Gasteiger partial charge in [0.25, 0.3) is 0 Å². The summed E-state index contributed by atoms with van der Waals surface area (Å²) < 4.78 is 5.83. The molecule has 6 heteroatoms. The smallest absolute Gasteiger partial charge is 0.306 e. The van der Waals surface area contributed by atoms with Crippen molar-refractivity contribution in [3.05, 3.63) is 25.3 Å². The molecule has 0 radical (unpaired) electrons. The number of allylic oxidation sites excluding steroid dienone is 2. The third kappa shape index (κ3) is 5.19. The maximum atomic E-state index is 12.5. The second-order valence-corrected chi connectivity index (χ2v) is 16.9. The molecular formula is C37H62O6. The van der Waals surface area contributed by atoms with Crippen molar-refractivity contribution in [2.45, 2.75) is 144 Å². The molecule has 12 atom stereocenters. The number of rotatable bonds is 9. The zero-order chi connectivity index (χ0) is 32.2. The number of carbonyl (C=O) groups excluding carboxylic acids is 1. The van der Waals surface area contributed by atoms with Gasteiger partial charge in [0.2, 0.25) is 0 Å². The molecule has 0 bridgehead atoms. The van der Waals surface area contributed by atoms with Crippen LogP contribution in [0.1, 0.15) is 119 Å². The van der Waals surface area contributed by atoms with E-state index in [1.54, 1.807) is 6.08 Å². The van der Waals surface area contributed by atoms with Crippen LogP contribution in [-0.2, 0) is 9.53 Å². The number of carbonyl (C=O) groups is 1. The van der Waals surface area contributed by atoms with Crippen LogP contribution in [0.5, 0.6) is 0 Å². The van der Waals surface area contributed by atoms with Crippen LogP contribution >= 0.6 is 0 Å². The molecule has 4 fully saturated rings. The van der Waals surface area contributed by atoms with Gasteiger partial charge >= 0.3 is 5.97 Å². The van der Waals surface area contributed by atoms with Gasteiger partial charge in [-0.2, -0.15) is 0 Å². The first-order valence-corrected chi connectivity index (χ1v) is 17.0. The largest absolute Gasteiger partial charge is 0.465 e. The summed E-state index contributed by atoms with van der Waals surface area (Å²) in [6.45, 7) is 23.6. The standard InChI is InChI=1S/C37H62O6/c1-10-13-15-29(40)43-23-35(8)25-16-19-36(9,26(14-11-2)34(25,7)18-17-27(35)38)33(6)21-24-20-32(4,5)30(41)31(42)37(24,12-3)28(39)22-33/h10-11,24-28,30-31,38-39,41-42H,1-2,12-23H2,3-9H3/t24?,25?,26?,27-,28+,30-,31-,33-,34-,35+,36+,37-/m0/s1. The monoisotopic (exact) mass is 602 g/mol. The summed E-state index contributed by atoms with van der Waals surface area (Å²) >= 11 is 0. The van der Waals surface area contributed by atoms with Crippen LogP contribution in [0, 0.1) is 50.2 Å². The Morgan fingerprint density at radius 2 is 1.56 bits per heavy atom. The van der Waals surface area contributed by atoms with Crippen LogP contribution in [-0.4, -0.2) is 57.4 Å². The first-order valence-electron chi connectivity index (χ1n) is 17.0. The summed E-state index contributed by atoms with van der Waals surface area (Å²) in [6, 6.07) is 0. The van der Waals surface area contributed by atoms with E-state index in [0.29, 0.717) is 32.1 Å². The third-order valence-electron chi connectivity index (χ3n) is 14.5. The molecule has 0 aromatic rings. The molecule has 4 aliphatic rings. The molecule has 0 aromatic heterocycles. The molecular weight excluding hydrogens is 540 g/mol. The molecule has 0 amide bonds. The minimum atomic E-state index is -0.953. The first kappa shape index (κ1) is 34.7. The normalized spacial score (nSPS) is 49.3. The number of aliphatic hydroxyl groups excluding tert-OH is 4. The Balaban J connectivity index is 1.70. The lowest BCUT2D eigenvalue weighted by Gasteiger charge is -2.70. The van der Waals surface area contributed by atoms with E-state index in [1.807, 2.05) is 13.8 Å². The molecule has 0 saturated heterocycles. The Morgan fingerprint density at radius 1 is 0.884 bits per heavy atom. The maximum absolute atomic E-state index is 12.5. The fourth-order valence-corrected chi connectivity index (χ4v) is 11.6. The number of esters is 1. The fraction of sp³-hybridized carbons (Fsp3) is 0.865. The van der Waals surface area contributed by atoms with Crippen molar-refractivity contribution >= 4 is 5.97 Å². The molecule has 246 valence electrons. The number of fused-ring (bicyclic) bond motifs is 2. The molecule has 0 spiro atoms. The number of hydrogen-bond acceptors (Lipinski definition) is 6. The van der Waals surface area contributed by atoms with Gasteiger partial charge in [0.15, 0.2) is 0 Å². The summed E-state index contributed by atoms with van der Waals surface area (Å²) in [5.74, 6) is 0.291. The summed E-state index contributed by atoms with van der Waals surface area (Å²) in [7, 11) is 0.